The largest absolute Gasteiger partial charge is 0.358 e. The summed E-state index contributed by atoms with van der Waals surface area (Å²) in [6, 6.07) is 8.27. The maximum Gasteiger partial charge on any atom is 0.157 e. The number of aromatic nitrogens is 4. The van der Waals surface area contributed by atoms with Crippen LogP contribution in [-0.2, 0) is 0 Å². The fourth-order valence-electron chi connectivity index (χ4n) is 2.34. The zero-order valence-corrected chi connectivity index (χ0v) is 11.6. The van der Waals surface area contributed by atoms with Crippen LogP contribution < -0.4 is 5.32 Å². The number of nitrogens with one attached hydrogen (secondary N) is 2. The first kappa shape index (κ1) is 12.6. The van der Waals surface area contributed by atoms with E-state index in [1.54, 1.807) is 6.20 Å². The number of nitrogens with zero attached hydrogens (tertiary/aromatic N) is 3. The van der Waals surface area contributed by atoms with Crippen molar-refractivity contribution in [2.45, 2.75) is 26.3 Å². The first-order valence-corrected chi connectivity index (χ1v) is 6.77. The maximum absolute atomic E-state index is 4.31. The van der Waals surface area contributed by atoms with E-state index in [0.29, 0.717) is 0 Å². The number of hydrogen-bond donors (Lipinski definition) is 2. The lowest BCUT2D eigenvalue weighted by atomic mass is 10.1. The van der Waals surface area contributed by atoms with Gasteiger partial charge < -0.3 is 10.3 Å². The molecule has 0 amide bonds. The number of H-pyrrole nitrogens is 1. The lowest BCUT2D eigenvalue weighted by molar-refractivity contribution is 0.698. The van der Waals surface area contributed by atoms with Gasteiger partial charge in [-0.3, -0.25) is 0 Å². The lowest BCUT2D eigenvalue weighted by Crippen LogP contribution is -2.13. The van der Waals surface area contributed by atoms with Gasteiger partial charge >= 0.3 is 0 Å². The fraction of sp³-hybridized carbons (Fsp3) is 0.267. The maximum atomic E-state index is 4.31. The molecule has 0 saturated carbocycles. The van der Waals surface area contributed by atoms with Crippen LogP contribution in [-0.4, -0.2) is 20.2 Å². The normalized spacial score (nSPS) is 12.5. The number of rotatable bonds is 4. The van der Waals surface area contributed by atoms with Crippen LogP contribution in [0.1, 0.15) is 30.9 Å². The zero-order chi connectivity index (χ0) is 13.9. The second-order valence-corrected chi connectivity index (χ2v) is 4.76. The predicted molar refractivity (Wildman–Crippen MR) is 79.5 cm³/mol. The molecule has 0 aliphatic heterocycles. The Kier molecular flexibility index (Phi) is 3.33. The Bertz CT molecular complexity index is 705. The van der Waals surface area contributed by atoms with E-state index in [9.17, 15) is 0 Å². The second kappa shape index (κ2) is 5.28. The Morgan fingerprint density at radius 1 is 1.20 bits per heavy atom. The minimum atomic E-state index is 0.102. The van der Waals surface area contributed by atoms with Crippen molar-refractivity contribution in [1.29, 1.82) is 0 Å². The molecule has 0 aliphatic carbocycles. The number of hydrogen-bond acceptors (Lipinski definition) is 4. The SMILES string of the molecule is CCC(Nc1nnc(C)c2ccccc12)c1ncc[nH]1. The van der Waals surface area contributed by atoms with E-state index in [4.69, 9.17) is 0 Å². The molecular formula is C15H17N5. The van der Waals surface area contributed by atoms with Crippen LogP contribution in [0.25, 0.3) is 10.8 Å². The zero-order valence-electron chi connectivity index (χ0n) is 11.6. The van der Waals surface area contributed by atoms with Crippen LogP contribution in [0, 0.1) is 6.92 Å². The summed E-state index contributed by atoms with van der Waals surface area (Å²) in [5.74, 6) is 1.72. The summed E-state index contributed by atoms with van der Waals surface area (Å²) in [7, 11) is 0. The van der Waals surface area contributed by atoms with E-state index in [0.717, 1.165) is 34.5 Å². The summed E-state index contributed by atoms with van der Waals surface area (Å²) in [6.45, 7) is 4.09. The molecule has 2 aromatic heterocycles. The molecule has 2 N–H and O–H groups in total. The van der Waals surface area contributed by atoms with Gasteiger partial charge in [0.05, 0.1) is 11.7 Å². The van der Waals surface area contributed by atoms with Gasteiger partial charge in [-0.25, -0.2) is 4.98 Å². The van der Waals surface area contributed by atoms with Crippen LogP contribution in [0.15, 0.2) is 36.7 Å². The first-order valence-electron chi connectivity index (χ1n) is 6.77. The second-order valence-electron chi connectivity index (χ2n) is 4.76. The number of imidazole rings is 1. The topological polar surface area (TPSA) is 66.5 Å². The fourth-order valence-corrected chi connectivity index (χ4v) is 2.34. The Hall–Kier alpha value is -2.43. The standard InChI is InChI=1S/C15H17N5/c1-3-13(15-16-8-9-17-15)18-14-12-7-5-4-6-11(12)10(2)19-20-14/h4-9,13H,3H2,1-2H3,(H,16,17)(H,18,20). The molecule has 1 aromatic carbocycles. The van der Waals surface area contributed by atoms with Gasteiger partial charge in [-0.1, -0.05) is 31.2 Å². The molecule has 3 aromatic rings. The number of aryl methyl sites for hydroxylation is 1. The molecule has 20 heavy (non-hydrogen) atoms. The lowest BCUT2D eigenvalue weighted by Gasteiger charge is -2.16. The number of anilines is 1. The molecule has 0 bridgehead atoms. The Morgan fingerprint density at radius 3 is 2.70 bits per heavy atom. The minimum Gasteiger partial charge on any atom is -0.358 e. The van der Waals surface area contributed by atoms with Gasteiger partial charge in [-0.2, -0.15) is 5.10 Å². The third-order valence-corrected chi connectivity index (χ3v) is 3.44. The summed E-state index contributed by atoms with van der Waals surface area (Å²) in [4.78, 5) is 7.46. The highest BCUT2D eigenvalue weighted by Gasteiger charge is 2.14. The summed E-state index contributed by atoms with van der Waals surface area (Å²) >= 11 is 0. The van der Waals surface area contributed by atoms with Crippen molar-refractivity contribution < 1.29 is 0 Å². The predicted octanol–water partition coefficient (Wildman–Crippen LogP) is 3.22. The average molecular weight is 267 g/mol. The Morgan fingerprint density at radius 2 is 2.00 bits per heavy atom. The summed E-state index contributed by atoms with van der Waals surface area (Å²) < 4.78 is 0. The van der Waals surface area contributed by atoms with E-state index >= 15 is 0 Å². The highest BCUT2D eigenvalue weighted by Crippen LogP contribution is 2.26. The molecule has 1 unspecified atom stereocenters. The molecule has 0 spiro atoms. The highest BCUT2D eigenvalue weighted by atomic mass is 15.2. The van der Waals surface area contributed by atoms with Crippen LogP contribution in [0.4, 0.5) is 5.82 Å². The van der Waals surface area contributed by atoms with E-state index < -0.39 is 0 Å². The Labute approximate surface area is 117 Å². The first-order chi connectivity index (χ1) is 9.79. The molecule has 5 heteroatoms. The molecule has 2 heterocycles. The molecule has 5 nitrogen and oxygen atoms in total. The molecule has 0 radical (unpaired) electrons. The van der Waals surface area contributed by atoms with E-state index in [1.807, 2.05) is 25.3 Å². The van der Waals surface area contributed by atoms with Crippen LogP contribution in [0.3, 0.4) is 0 Å². The van der Waals surface area contributed by atoms with E-state index in [-0.39, 0.29) is 6.04 Å². The third-order valence-electron chi connectivity index (χ3n) is 3.44. The van der Waals surface area contributed by atoms with Gasteiger partial charge in [0.25, 0.3) is 0 Å². The number of fused-ring (bicyclic) bond motifs is 1. The molecule has 1 atom stereocenters. The monoisotopic (exact) mass is 267 g/mol. The van der Waals surface area contributed by atoms with Gasteiger partial charge in [0.1, 0.15) is 5.82 Å². The molecule has 0 aliphatic rings. The highest BCUT2D eigenvalue weighted by molar-refractivity contribution is 5.92. The Balaban J connectivity index is 2.00. The summed E-state index contributed by atoms with van der Waals surface area (Å²) in [5, 5.41) is 14.2. The van der Waals surface area contributed by atoms with Gasteiger partial charge in [-0.15, -0.1) is 5.10 Å². The van der Waals surface area contributed by atoms with Crippen molar-refractivity contribution in [3.63, 3.8) is 0 Å². The molecule has 102 valence electrons. The molecule has 0 saturated heterocycles. The van der Waals surface area contributed by atoms with Crippen molar-refractivity contribution >= 4 is 16.6 Å². The molecule has 0 fully saturated rings. The van der Waals surface area contributed by atoms with Crippen molar-refractivity contribution in [3.05, 3.63) is 48.2 Å². The van der Waals surface area contributed by atoms with E-state index in [1.165, 1.54) is 0 Å². The number of benzene rings is 1. The van der Waals surface area contributed by atoms with Gasteiger partial charge in [0, 0.05) is 23.2 Å². The van der Waals surface area contributed by atoms with E-state index in [2.05, 4.69) is 44.5 Å². The minimum absolute atomic E-state index is 0.102. The quantitative estimate of drug-likeness (QED) is 0.761. The van der Waals surface area contributed by atoms with Crippen LogP contribution in [0.2, 0.25) is 0 Å². The summed E-state index contributed by atoms with van der Waals surface area (Å²) in [5.41, 5.74) is 0.942. The molecular weight excluding hydrogens is 250 g/mol. The smallest absolute Gasteiger partial charge is 0.157 e. The number of aromatic amines is 1. The van der Waals surface area contributed by atoms with Gasteiger partial charge in [0.15, 0.2) is 5.82 Å². The molecule has 3 rings (SSSR count). The third kappa shape index (κ3) is 2.22. The average Bonchev–Trinajstić information content (AvgIpc) is 3.01. The van der Waals surface area contributed by atoms with Crippen molar-refractivity contribution in [1.82, 2.24) is 20.2 Å². The van der Waals surface area contributed by atoms with Crippen LogP contribution in [0.5, 0.6) is 0 Å². The van der Waals surface area contributed by atoms with Crippen molar-refractivity contribution in [3.8, 4) is 0 Å². The summed E-state index contributed by atoms with van der Waals surface area (Å²) in [6.07, 6.45) is 4.51. The van der Waals surface area contributed by atoms with Gasteiger partial charge in [0.2, 0.25) is 0 Å². The van der Waals surface area contributed by atoms with Crippen LogP contribution >= 0.6 is 0 Å². The van der Waals surface area contributed by atoms with Gasteiger partial charge in [-0.05, 0) is 13.3 Å². The van der Waals surface area contributed by atoms with Crippen molar-refractivity contribution in [2.75, 3.05) is 5.32 Å². The van der Waals surface area contributed by atoms with Crippen molar-refractivity contribution in [2.24, 2.45) is 0 Å².